The number of alkyl halides is 5. The zero-order valence-corrected chi connectivity index (χ0v) is 13.2. The molecule has 2 heterocycles. The second kappa shape index (κ2) is 6.74. The molecule has 11 heteroatoms. The molecule has 0 aliphatic carbocycles. The number of aromatic nitrogens is 3. The van der Waals surface area contributed by atoms with Crippen molar-refractivity contribution in [2.24, 2.45) is 0 Å². The standard InChI is InChI=1S/C16H9F5N4O2/c17-15(18,13-24-14(27-25-13)16(19,20)21)9-4-6-10(7-5-9)23-12(26)11-3-1-2-8-22-11/h1-8H,(H,23,26). The Morgan fingerprint density at radius 2 is 1.70 bits per heavy atom. The Balaban J connectivity index is 1.78. The third kappa shape index (κ3) is 3.91. The summed E-state index contributed by atoms with van der Waals surface area (Å²) in [7, 11) is 0. The quantitative estimate of drug-likeness (QED) is 0.691. The van der Waals surface area contributed by atoms with Crippen LogP contribution in [0.3, 0.4) is 0 Å². The third-order valence-electron chi connectivity index (χ3n) is 3.35. The normalized spacial score (nSPS) is 12.0. The molecule has 0 unspecified atom stereocenters. The number of hydrogen-bond donors (Lipinski definition) is 1. The zero-order valence-electron chi connectivity index (χ0n) is 13.2. The van der Waals surface area contributed by atoms with E-state index in [9.17, 15) is 26.7 Å². The summed E-state index contributed by atoms with van der Waals surface area (Å²) < 4.78 is 69.7. The molecule has 0 bridgehead atoms. The molecule has 3 aromatic rings. The Bertz CT molecular complexity index is 939. The number of benzene rings is 1. The van der Waals surface area contributed by atoms with E-state index < -0.39 is 35.3 Å². The van der Waals surface area contributed by atoms with Gasteiger partial charge in [0.1, 0.15) is 5.69 Å². The molecule has 6 nitrogen and oxygen atoms in total. The van der Waals surface area contributed by atoms with Gasteiger partial charge >= 0.3 is 18.0 Å². The molecule has 0 spiro atoms. The van der Waals surface area contributed by atoms with Crippen LogP contribution in [0, 0.1) is 0 Å². The number of anilines is 1. The molecule has 1 N–H and O–H groups in total. The van der Waals surface area contributed by atoms with E-state index in [1.54, 1.807) is 12.1 Å². The van der Waals surface area contributed by atoms with Crippen molar-refractivity contribution in [3.05, 3.63) is 71.6 Å². The Morgan fingerprint density at radius 3 is 2.26 bits per heavy atom. The first-order valence-electron chi connectivity index (χ1n) is 7.30. The minimum atomic E-state index is -5.03. The van der Waals surface area contributed by atoms with Crippen LogP contribution in [-0.2, 0) is 12.1 Å². The number of carbonyl (C=O) groups is 1. The summed E-state index contributed by atoms with van der Waals surface area (Å²) in [5.74, 6) is -7.75. The minimum Gasteiger partial charge on any atom is -0.329 e. The molecular formula is C16H9F5N4O2. The van der Waals surface area contributed by atoms with E-state index >= 15 is 0 Å². The highest BCUT2D eigenvalue weighted by molar-refractivity contribution is 6.02. The molecule has 0 saturated heterocycles. The molecule has 0 radical (unpaired) electrons. The topological polar surface area (TPSA) is 80.9 Å². The van der Waals surface area contributed by atoms with E-state index in [-0.39, 0.29) is 11.4 Å². The summed E-state index contributed by atoms with van der Waals surface area (Å²) >= 11 is 0. The molecule has 0 aliphatic heterocycles. The molecule has 1 amide bonds. The molecule has 140 valence electrons. The zero-order chi connectivity index (χ0) is 19.7. The average molecular weight is 384 g/mol. The van der Waals surface area contributed by atoms with Crippen LogP contribution in [0.2, 0.25) is 0 Å². The van der Waals surface area contributed by atoms with Crippen LogP contribution in [0.15, 0.2) is 53.2 Å². The summed E-state index contributed by atoms with van der Waals surface area (Å²) in [4.78, 5) is 18.5. The van der Waals surface area contributed by atoms with Gasteiger partial charge in [-0.2, -0.15) is 26.9 Å². The van der Waals surface area contributed by atoms with E-state index in [0.29, 0.717) is 0 Å². The lowest BCUT2D eigenvalue weighted by Crippen LogP contribution is -2.18. The number of pyridine rings is 1. The fraction of sp³-hybridized carbons (Fsp3) is 0.125. The Hall–Kier alpha value is -3.37. The number of amides is 1. The number of rotatable bonds is 4. The van der Waals surface area contributed by atoms with Gasteiger partial charge in [0.05, 0.1) is 0 Å². The summed E-state index contributed by atoms with van der Waals surface area (Å²) in [5.41, 5.74) is -0.361. The number of nitrogens with one attached hydrogen (secondary N) is 1. The first kappa shape index (κ1) is 18.4. The van der Waals surface area contributed by atoms with Crippen molar-refractivity contribution in [1.29, 1.82) is 0 Å². The average Bonchev–Trinajstić information content (AvgIpc) is 3.14. The summed E-state index contributed by atoms with van der Waals surface area (Å²) in [6.07, 6.45) is -3.61. The predicted molar refractivity (Wildman–Crippen MR) is 80.9 cm³/mol. The Labute approximate surface area is 148 Å². The van der Waals surface area contributed by atoms with Crippen LogP contribution in [0.25, 0.3) is 0 Å². The van der Waals surface area contributed by atoms with Crippen molar-refractivity contribution in [1.82, 2.24) is 15.1 Å². The van der Waals surface area contributed by atoms with Crippen molar-refractivity contribution in [2.45, 2.75) is 12.1 Å². The molecule has 0 aliphatic rings. The maximum atomic E-state index is 14.3. The number of halogens is 5. The maximum absolute atomic E-state index is 14.3. The minimum absolute atomic E-state index is 0.124. The van der Waals surface area contributed by atoms with Gasteiger partial charge in [-0.05, 0) is 24.3 Å². The Morgan fingerprint density at radius 1 is 1.00 bits per heavy atom. The number of nitrogens with zero attached hydrogens (tertiary/aromatic N) is 3. The van der Waals surface area contributed by atoms with Gasteiger partial charge in [0.25, 0.3) is 5.91 Å². The van der Waals surface area contributed by atoms with Crippen LogP contribution in [0.4, 0.5) is 27.6 Å². The fourth-order valence-corrected chi connectivity index (χ4v) is 2.05. The van der Waals surface area contributed by atoms with E-state index in [4.69, 9.17) is 0 Å². The summed E-state index contributed by atoms with van der Waals surface area (Å²) in [6.45, 7) is 0. The maximum Gasteiger partial charge on any atom is 0.471 e. The van der Waals surface area contributed by atoms with Crippen LogP contribution in [-0.4, -0.2) is 21.0 Å². The van der Waals surface area contributed by atoms with Gasteiger partial charge in [-0.25, -0.2) is 0 Å². The lowest BCUT2D eigenvalue weighted by Gasteiger charge is -2.13. The van der Waals surface area contributed by atoms with Gasteiger partial charge in [0.2, 0.25) is 5.82 Å². The highest BCUT2D eigenvalue weighted by Gasteiger charge is 2.44. The smallest absolute Gasteiger partial charge is 0.329 e. The van der Waals surface area contributed by atoms with Gasteiger partial charge in [-0.15, -0.1) is 0 Å². The Kier molecular flexibility index (Phi) is 4.60. The van der Waals surface area contributed by atoms with Crippen molar-refractivity contribution in [3.63, 3.8) is 0 Å². The van der Waals surface area contributed by atoms with E-state index in [0.717, 1.165) is 24.3 Å². The SMILES string of the molecule is O=C(Nc1ccc(C(F)(F)c2noc(C(F)(F)F)n2)cc1)c1ccccn1. The molecular weight excluding hydrogens is 375 g/mol. The first-order chi connectivity index (χ1) is 12.7. The van der Waals surface area contributed by atoms with Crippen molar-refractivity contribution in [3.8, 4) is 0 Å². The molecule has 0 atom stereocenters. The molecule has 27 heavy (non-hydrogen) atoms. The van der Waals surface area contributed by atoms with Crippen LogP contribution in [0.5, 0.6) is 0 Å². The lowest BCUT2D eigenvalue weighted by atomic mass is 10.1. The van der Waals surface area contributed by atoms with Crippen molar-refractivity contribution >= 4 is 11.6 Å². The van der Waals surface area contributed by atoms with Crippen molar-refractivity contribution < 1.29 is 31.3 Å². The third-order valence-corrected chi connectivity index (χ3v) is 3.35. The second-order valence-corrected chi connectivity index (χ2v) is 5.24. The highest BCUT2D eigenvalue weighted by Crippen LogP contribution is 2.36. The van der Waals surface area contributed by atoms with E-state index in [1.165, 1.54) is 12.3 Å². The van der Waals surface area contributed by atoms with Gasteiger partial charge in [0.15, 0.2) is 0 Å². The largest absolute Gasteiger partial charge is 0.471 e. The van der Waals surface area contributed by atoms with E-state index in [1.807, 2.05) is 0 Å². The van der Waals surface area contributed by atoms with Gasteiger partial charge in [-0.1, -0.05) is 23.4 Å². The van der Waals surface area contributed by atoms with Gasteiger partial charge < -0.3 is 9.84 Å². The molecule has 0 saturated carbocycles. The van der Waals surface area contributed by atoms with Crippen LogP contribution in [0.1, 0.15) is 27.8 Å². The predicted octanol–water partition coefficient (Wildman–Crippen LogP) is 3.88. The van der Waals surface area contributed by atoms with E-state index in [2.05, 4.69) is 25.0 Å². The van der Waals surface area contributed by atoms with Crippen molar-refractivity contribution in [2.75, 3.05) is 5.32 Å². The fourth-order valence-electron chi connectivity index (χ4n) is 2.05. The molecule has 2 aromatic heterocycles. The van der Waals surface area contributed by atoms with Crippen LogP contribution >= 0.6 is 0 Å². The lowest BCUT2D eigenvalue weighted by molar-refractivity contribution is -0.159. The van der Waals surface area contributed by atoms with Gasteiger partial charge in [-0.3, -0.25) is 9.78 Å². The van der Waals surface area contributed by atoms with Crippen LogP contribution < -0.4 is 5.32 Å². The monoisotopic (exact) mass is 384 g/mol. The highest BCUT2D eigenvalue weighted by atomic mass is 19.4. The molecule has 3 rings (SSSR count). The first-order valence-corrected chi connectivity index (χ1v) is 7.30. The molecule has 1 aromatic carbocycles. The summed E-state index contributed by atoms with van der Waals surface area (Å²) in [6, 6.07) is 8.87. The number of carbonyl (C=O) groups excluding carboxylic acids is 1. The molecule has 0 fully saturated rings. The second-order valence-electron chi connectivity index (χ2n) is 5.24. The number of hydrogen-bond acceptors (Lipinski definition) is 5. The van der Waals surface area contributed by atoms with Gasteiger partial charge in [0, 0.05) is 17.4 Å². The summed E-state index contributed by atoms with van der Waals surface area (Å²) in [5, 5.41) is 5.16.